The zero-order valence-corrected chi connectivity index (χ0v) is 10.7. The van der Waals surface area contributed by atoms with Gasteiger partial charge in [-0.3, -0.25) is 9.78 Å². The first-order chi connectivity index (χ1) is 9.63. The number of carbonyl (C=O) groups excluding carboxylic acids is 1. The summed E-state index contributed by atoms with van der Waals surface area (Å²) in [7, 11) is 1.47. The Balaban J connectivity index is 1.67. The van der Waals surface area contributed by atoms with Gasteiger partial charge in [0.15, 0.2) is 11.5 Å². The second-order valence-corrected chi connectivity index (χ2v) is 4.27. The minimum absolute atomic E-state index is 0.0155. The van der Waals surface area contributed by atoms with E-state index in [9.17, 15) is 9.59 Å². The number of hydrogen-bond donors (Lipinski definition) is 2. The van der Waals surface area contributed by atoms with Gasteiger partial charge in [-0.15, -0.1) is 5.10 Å². The number of rotatable bonds is 3. The lowest BCUT2D eigenvalue weighted by molar-refractivity contribution is 0.0940. The van der Waals surface area contributed by atoms with Crippen LogP contribution in [-0.2, 0) is 13.6 Å². The van der Waals surface area contributed by atoms with Gasteiger partial charge in [-0.25, -0.2) is 9.48 Å². The zero-order valence-electron chi connectivity index (χ0n) is 10.7. The number of hydrogen-bond acceptors (Lipinski definition) is 5. The number of aryl methyl sites for hydroxylation is 1. The molecule has 8 nitrogen and oxygen atoms in total. The van der Waals surface area contributed by atoms with Crippen LogP contribution < -0.4 is 20.5 Å². The summed E-state index contributed by atoms with van der Waals surface area (Å²) in [5, 5.41) is 6.44. The van der Waals surface area contributed by atoms with Crippen molar-refractivity contribution < 1.29 is 14.3 Å². The number of ether oxygens (including phenoxy) is 2. The van der Waals surface area contributed by atoms with Gasteiger partial charge in [0.2, 0.25) is 12.6 Å². The Morgan fingerprint density at radius 2 is 2.25 bits per heavy atom. The molecule has 0 radical (unpaired) electrons. The van der Waals surface area contributed by atoms with Gasteiger partial charge in [-0.2, -0.15) is 0 Å². The molecule has 1 aromatic heterocycles. The van der Waals surface area contributed by atoms with Crippen LogP contribution in [0.2, 0.25) is 0 Å². The molecule has 2 aromatic rings. The molecule has 1 aliphatic rings. The maximum atomic E-state index is 11.8. The normalized spacial score (nSPS) is 12.4. The molecule has 0 fully saturated rings. The van der Waals surface area contributed by atoms with Crippen LogP contribution in [0.25, 0.3) is 0 Å². The number of nitrogens with one attached hydrogen (secondary N) is 2. The minimum Gasteiger partial charge on any atom is -0.454 e. The molecule has 0 aliphatic carbocycles. The van der Waals surface area contributed by atoms with Gasteiger partial charge in [0, 0.05) is 13.6 Å². The SMILES string of the molecule is Cn1nc(C(=O)NCc2ccc3c(c2)OCO3)[nH]c1=O. The minimum atomic E-state index is -0.444. The molecule has 1 aliphatic heterocycles. The Kier molecular flexibility index (Phi) is 2.90. The highest BCUT2D eigenvalue weighted by Crippen LogP contribution is 2.32. The summed E-state index contributed by atoms with van der Waals surface area (Å²) in [5.41, 5.74) is 0.430. The predicted molar refractivity (Wildman–Crippen MR) is 67.6 cm³/mol. The molecule has 0 saturated heterocycles. The first-order valence-corrected chi connectivity index (χ1v) is 5.93. The van der Waals surface area contributed by atoms with Crippen molar-refractivity contribution in [2.24, 2.45) is 7.05 Å². The van der Waals surface area contributed by atoms with Gasteiger partial charge in [0.05, 0.1) is 0 Å². The largest absolute Gasteiger partial charge is 0.454 e. The molecule has 2 heterocycles. The van der Waals surface area contributed by atoms with Gasteiger partial charge >= 0.3 is 5.69 Å². The van der Waals surface area contributed by atoms with Crippen molar-refractivity contribution >= 4 is 5.91 Å². The average Bonchev–Trinajstić information content (AvgIpc) is 3.03. The van der Waals surface area contributed by atoms with E-state index >= 15 is 0 Å². The molecule has 1 aromatic carbocycles. The molecule has 104 valence electrons. The average molecular weight is 276 g/mol. The predicted octanol–water partition coefficient (Wildman–Crippen LogP) is -0.233. The lowest BCUT2D eigenvalue weighted by Crippen LogP contribution is -2.24. The highest BCUT2D eigenvalue weighted by molar-refractivity contribution is 5.90. The molecular weight excluding hydrogens is 264 g/mol. The van der Waals surface area contributed by atoms with Crippen molar-refractivity contribution in [3.8, 4) is 11.5 Å². The Morgan fingerprint density at radius 3 is 3.00 bits per heavy atom. The molecule has 2 N–H and O–H groups in total. The summed E-state index contributed by atoms with van der Waals surface area (Å²) in [6.45, 7) is 0.508. The number of carbonyl (C=O) groups is 1. The van der Waals surface area contributed by atoms with E-state index in [-0.39, 0.29) is 12.6 Å². The van der Waals surface area contributed by atoms with E-state index in [1.807, 2.05) is 6.07 Å². The number of H-pyrrole nitrogens is 1. The van der Waals surface area contributed by atoms with Crippen LogP contribution in [0.4, 0.5) is 0 Å². The number of amides is 1. The number of nitrogens with zero attached hydrogens (tertiary/aromatic N) is 2. The van der Waals surface area contributed by atoms with Crippen LogP contribution in [-0.4, -0.2) is 27.5 Å². The van der Waals surface area contributed by atoms with Crippen LogP contribution in [0.1, 0.15) is 16.2 Å². The summed E-state index contributed by atoms with van der Waals surface area (Å²) < 4.78 is 11.5. The molecule has 20 heavy (non-hydrogen) atoms. The lowest BCUT2D eigenvalue weighted by Gasteiger charge is -2.04. The summed E-state index contributed by atoms with van der Waals surface area (Å²) >= 11 is 0. The molecule has 3 rings (SSSR count). The number of aromatic nitrogens is 3. The van der Waals surface area contributed by atoms with Crippen molar-refractivity contribution in [2.75, 3.05) is 6.79 Å². The Morgan fingerprint density at radius 1 is 1.45 bits per heavy atom. The van der Waals surface area contributed by atoms with Crippen LogP contribution in [0.15, 0.2) is 23.0 Å². The molecular formula is C12H12N4O4. The van der Waals surface area contributed by atoms with E-state index in [1.54, 1.807) is 12.1 Å². The highest BCUT2D eigenvalue weighted by Gasteiger charge is 2.15. The molecule has 0 bridgehead atoms. The van der Waals surface area contributed by atoms with Crippen molar-refractivity contribution in [1.29, 1.82) is 0 Å². The highest BCUT2D eigenvalue weighted by atomic mass is 16.7. The number of fused-ring (bicyclic) bond motifs is 1. The Hall–Kier alpha value is -2.77. The van der Waals surface area contributed by atoms with Crippen molar-refractivity contribution in [3.05, 3.63) is 40.1 Å². The van der Waals surface area contributed by atoms with E-state index in [0.29, 0.717) is 18.0 Å². The molecule has 1 amide bonds. The van der Waals surface area contributed by atoms with Gasteiger partial charge in [0.1, 0.15) is 0 Å². The van der Waals surface area contributed by atoms with E-state index in [2.05, 4.69) is 15.4 Å². The van der Waals surface area contributed by atoms with Gasteiger partial charge in [-0.05, 0) is 17.7 Å². The molecule has 0 atom stereocenters. The first kappa shape index (κ1) is 12.3. The third-order valence-electron chi connectivity index (χ3n) is 2.87. The van der Waals surface area contributed by atoms with E-state index in [1.165, 1.54) is 7.05 Å². The topological polar surface area (TPSA) is 98.2 Å². The molecule has 8 heteroatoms. The molecule has 0 spiro atoms. The van der Waals surface area contributed by atoms with Crippen LogP contribution >= 0.6 is 0 Å². The molecule has 0 unspecified atom stereocenters. The number of benzene rings is 1. The summed E-state index contributed by atoms with van der Waals surface area (Å²) in [4.78, 5) is 25.3. The van der Waals surface area contributed by atoms with Crippen LogP contribution in [0.3, 0.4) is 0 Å². The summed E-state index contributed by atoms with van der Waals surface area (Å²) in [5.74, 6) is 0.885. The van der Waals surface area contributed by atoms with E-state index in [4.69, 9.17) is 9.47 Å². The monoisotopic (exact) mass is 276 g/mol. The molecule has 0 saturated carbocycles. The van der Waals surface area contributed by atoms with E-state index < -0.39 is 11.6 Å². The fraction of sp³-hybridized carbons (Fsp3) is 0.250. The van der Waals surface area contributed by atoms with Crippen molar-refractivity contribution in [2.45, 2.75) is 6.54 Å². The van der Waals surface area contributed by atoms with Gasteiger partial charge < -0.3 is 14.8 Å². The summed E-state index contributed by atoms with van der Waals surface area (Å²) in [6.07, 6.45) is 0. The fourth-order valence-corrected chi connectivity index (χ4v) is 1.82. The zero-order chi connectivity index (χ0) is 14.1. The number of aromatic amines is 1. The van der Waals surface area contributed by atoms with E-state index in [0.717, 1.165) is 10.2 Å². The lowest BCUT2D eigenvalue weighted by atomic mass is 10.2. The Labute approximate surface area is 113 Å². The van der Waals surface area contributed by atoms with Crippen molar-refractivity contribution in [3.63, 3.8) is 0 Å². The quantitative estimate of drug-likeness (QED) is 0.806. The Bertz CT molecular complexity index is 718. The fourth-order valence-electron chi connectivity index (χ4n) is 1.82. The van der Waals surface area contributed by atoms with Gasteiger partial charge in [0.25, 0.3) is 5.91 Å². The first-order valence-electron chi connectivity index (χ1n) is 5.93. The van der Waals surface area contributed by atoms with Gasteiger partial charge in [-0.1, -0.05) is 6.07 Å². The standard InChI is InChI=1S/C12H12N4O4/c1-16-12(18)14-10(15-16)11(17)13-5-7-2-3-8-9(4-7)20-6-19-8/h2-4H,5-6H2,1H3,(H,13,17)(H,14,15,18). The van der Waals surface area contributed by atoms with Crippen LogP contribution in [0.5, 0.6) is 11.5 Å². The van der Waals surface area contributed by atoms with Crippen LogP contribution in [0, 0.1) is 0 Å². The summed E-state index contributed by atoms with van der Waals surface area (Å²) in [6, 6.07) is 5.41. The maximum Gasteiger partial charge on any atom is 0.343 e. The maximum absolute atomic E-state index is 11.8. The second-order valence-electron chi connectivity index (χ2n) is 4.27. The second kappa shape index (κ2) is 4.72. The van der Waals surface area contributed by atoms with Crippen molar-refractivity contribution in [1.82, 2.24) is 20.1 Å². The smallest absolute Gasteiger partial charge is 0.343 e. The third kappa shape index (κ3) is 2.22. The third-order valence-corrected chi connectivity index (χ3v) is 2.87.